The van der Waals surface area contributed by atoms with Crippen LogP contribution in [0.1, 0.15) is 25.0 Å². The summed E-state index contributed by atoms with van der Waals surface area (Å²) in [5.74, 6) is 0.0610. The molecule has 1 saturated heterocycles. The lowest BCUT2D eigenvalue weighted by Gasteiger charge is -2.31. The molecule has 0 atom stereocenters. The van der Waals surface area contributed by atoms with Gasteiger partial charge in [-0.05, 0) is 44.2 Å². The third-order valence-electron chi connectivity index (χ3n) is 5.49. The number of sulfonamides is 1. The van der Waals surface area contributed by atoms with Gasteiger partial charge < -0.3 is 0 Å². The fraction of sp³-hybridized carbons (Fsp3) is 0.529. The Hall–Kier alpha value is -2.14. The summed E-state index contributed by atoms with van der Waals surface area (Å²) in [5.41, 5.74) is -2.77. The molecule has 152 valence electrons. The molecule has 28 heavy (non-hydrogen) atoms. The van der Waals surface area contributed by atoms with Crippen LogP contribution >= 0.6 is 0 Å². The standard InChI is InChI=1S/C17H19F3N4O3S/c1-11-15-16(25)23(14-4-2-3-13(21-11)24(14)15)10-7-12-5-8-22(9-6-12)28(26,27)17(18,19)20/h2-4,12H,5-10H2,1H3. The van der Waals surface area contributed by atoms with Crippen molar-refractivity contribution in [2.24, 2.45) is 5.92 Å². The molecule has 4 rings (SSSR count). The highest BCUT2D eigenvalue weighted by atomic mass is 32.2. The van der Waals surface area contributed by atoms with Crippen LogP contribution in [0.25, 0.3) is 16.8 Å². The first-order valence-corrected chi connectivity index (χ1v) is 10.4. The maximum Gasteiger partial charge on any atom is 0.511 e. The minimum atomic E-state index is -5.26. The number of hydrogen-bond donors (Lipinski definition) is 0. The molecular formula is C17H19F3N4O3S. The molecule has 11 heteroatoms. The zero-order valence-electron chi connectivity index (χ0n) is 15.1. The zero-order valence-corrected chi connectivity index (χ0v) is 15.9. The van der Waals surface area contributed by atoms with Crippen LogP contribution in [0.2, 0.25) is 0 Å². The second-order valence-corrected chi connectivity index (χ2v) is 9.09. The molecule has 3 aromatic heterocycles. The Labute approximate surface area is 158 Å². The number of pyridine rings is 1. The van der Waals surface area contributed by atoms with Crippen molar-refractivity contribution in [2.75, 3.05) is 13.1 Å². The molecule has 0 unspecified atom stereocenters. The first-order valence-electron chi connectivity index (χ1n) is 8.97. The second-order valence-electron chi connectivity index (χ2n) is 7.16. The summed E-state index contributed by atoms with van der Waals surface area (Å²) in [5, 5.41) is 0. The van der Waals surface area contributed by atoms with Gasteiger partial charge >= 0.3 is 15.5 Å². The third kappa shape index (κ3) is 2.87. The second kappa shape index (κ2) is 6.45. The number of piperidine rings is 1. The van der Waals surface area contributed by atoms with Crippen LogP contribution in [0.5, 0.6) is 0 Å². The summed E-state index contributed by atoms with van der Waals surface area (Å²) in [6.45, 7) is 1.90. The van der Waals surface area contributed by atoms with Gasteiger partial charge in [0.1, 0.15) is 16.8 Å². The smallest absolute Gasteiger partial charge is 0.292 e. The Morgan fingerprint density at radius 2 is 1.89 bits per heavy atom. The molecule has 1 aliphatic heterocycles. The first-order chi connectivity index (χ1) is 13.1. The maximum atomic E-state index is 12.8. The Morgan fingerprint density at radius 3 is 2.54 bits per heavy atom. The quantitative estimate of drug-likeness (QED) is 0.654. The van der Waals surface area contributed by atoms with Crippen LogP contribution in [0.15, 0.2) is 23.0 Å². The lowest BCUT2D eigenvalue weighted by atomic mass is 9.95. The van der Waals surface area contributed by atoms with E-state index in [0.717, 1.165) is 5.65 Å². The Bertz CT molecular complexity index is 1170. The Balaban J connectivity index is 1.48. The van der Waals surface area contributed by atoms with Crippen molar-refractivity contribution in [3.05, 3.63) is 34.2 Å². The SMILES string of the molecule is Cc1nc2cccc3n(CCC4CCN(S(=O)(=O)C(F)(F)F)CC4)c(=O)c1n23. The van der Waals surface area contributed by atoms with Gasteiger partial charge in [-0.15, -0.1) is 0 Å². The van der Waals surface area contributed by atoms with E-state index in [1.807, 2.05) is 22.6 Å². The van der Waals surface area contributed by atoms with E-state index < -0.39 is 15.5 Å². The first kappa shape index (κ1) is 19.2. The Morgan fingerprint density at radius 1 is 1.21 bits per heavy atom. The zero-order chi connectivity index (χ0) is 20.3. The van der Waals surface area contributed by atoms with Gasteiger partial charge in [-0.2, -0.15) is 17.5 Å². The van der Waals surface area contributed by atoms with Gasteiger partial charge in [0, 0.05) is 19.6 Å². The average molecular weight is 416 g/mol. The predicted molar refractivity (Wildman–Crippen MR) is 96.8 cm³/mol. The molecule has 0 aromatic carbocycles. The number of imidazole rings is 2. The van der Waals surface area contributed by atoms with Gasteiger partial charge in [-0.3, -0.25) is 13.8 Å². The maximum absolute atomic E-state index is 12.8. The Kier molecular flexibility index (Phi) is 4.42. The van der Waals surface area contributed by atoms with Crippen molar-refractivity contribution < 1.29 is 21.6 Å². The molecule has 1 fully saturated rings. The lowest BCUT2D eigenvalue weighted by Crippen LogP contribution is -2.45. The molecule has 4 heterocycles. The van der Waals surface area contributed by atoms with Crippen molar-refractivity contribution in [3.63, 3.8) is 0 Å². The van der Waals surface area contributed by atoms with Gasteiger partial charge in [0.15, 0.2) is 0 Å². The summed E-state index contributed by atoms with van der Waals surface area (Å²) < 4.78 is 65.0. The monoisotopic (exact) mass is 416 g/mol. The van der Waals surface area contributed by atoms with Crippen molar-refractivity contribution in [2.45, 2.75) is 38.2 Å². The van der Waals surface area contributed by atoms with Gasteiger partial charge in [-0.1, -0.05) is 6.07 Å². The molecule has 0 amide bonds. The number of halogens is 3. The highest BCUT2D eigenvalue weighted by Gasteiger charge is 2.50. The van der Waals surface area contributed by atoms with E-state index in [4.69, 9.17) is 0 Å². The van der Waals surface area contributed by atoms with E-state index >= 15 is 0 Å². The molecular weight excluding hydrogens is 397 g/mol. The summed E-state index contributed by atoms with van der Waals surface area (Å²) in [4.78, 5) is 17.2. The molecule has 0 bridgehead atoms. The fourth-order valence-electron chi connectivity index (χ4n) is 4.00. The van der Waals surface area contributed by atoms with Crippen molar-refractivity contribution in [1.29, 1.82) is 0 Å². The van der Waals surface area contributed by atoms with Crippen molar-refractivity contribution in [1.82, 2.24) is 18.3 Å². The number of hydrogen-bond acceptors (Lipinski definition) is 4. The molecule has 0 N–H and O–H groups in total. The van der Waals surface area contributed by atoms with Crippen LogP contribution in [0, 0.1) is 12.8 Å². The van der Waals surface area contributed by atoms with Gasteiger partial charge in [0.2, 0.25) is 0 Å². The molecule has 0 aliphatic carbocycles. The number of alkyl halides is 3. The van der Waals surface area contributed by atoms with E-state index in [-0.39, 0.29) is 24.6 Å². The number of nitrogens with zero attached hydrogens (tertiary/aromatic N) is 4. The summed E-state index contributed by atoms with van der Waals surface area (Å²) >= 11 is 0. The van der Waals surface area contributed by atoms with Crippen LogP contribution in [0.4, 0.5) is 13.2 Å². The molecule has 1 aliphatic rings. The van der Waals surface area contributed by atoms with Crippen molar-refractivity contribution in [3.8, 4) is 0 Å². The molecule has 0 radical (unpaired) electrons. The average Bonchev–Trinajstić information content (AvgIpc) is 3.12. The normalized spacial score (nSPS) is 17.9. The highest BCUT2D eigenvalue weighted by Crippen LogP contribution is 2.31. The predicted octanol–water partition coefficient (Wildman–Crippen LogP) is 2.35. The molecule has 0 saturated carbocycles. The van der Waals surface area contributed by atoms with E-state index in [9.17, 15) is 26.4 Å². The summed E-state index contributed by atoms with van der Waals surface area (Å²) in [6.07, 6.45) is 1.28. The lowest BCUT2D eigenvalue weighted by molar-refractivity contribution is -0.0497. The minimum Gasteiger partial charge on any atom is -0.292 e. The number of aromatic nitrogens is 3. The van der Waals surface area contributed by atoms with Gasteiger partial charge in [0.25, 0.3) is 5.56 Å². The van der Waals surface area contributed by atoms with E-state index in [2.05, 4.69) is 4.98 Å². The molecule has 7 nitrogen and oxygen atoms in total. The molecule has 3 aromatic rings. The summed E-state index contributed by atoms with van der Waals surface area (Å²) in [7, 11) is -5.26. The van der Waals surface area contributed by atoms with Crippen LogP contribution in [-0.4, -0.2) is 45.3 Å². The van der Waals surface area contributed by atoms with Crippen LogP contribution in [-0.2, 0) is 16.6 Å². The van der Waals surface area contributed by atoms with E-state index in [1.54, 1.807) is 11.5 Å². The number of aryl methyl sites for hydroxylation is 2. The van der Waals surface area contributed by atoms with Crippen LogP contribution in [0.3, 0.4) is 0 Å². The van der Waals surface area contributed by atoms with Gasteiger partial charge in [-0.25, -0.2) is 13.4 Å². The van der Waals surface area contributed by atoms with Crippen molar-refractivity contribution >= 4 is 26.8 Å². The third-order valence-corrected chi connectivity index (χ3v) is 7.12. The molecule has 0 spiro atoms. The van der Waals surface area contributed by atoms with Crippen LogP contribution < -0.4 is 5.56 Å². The largest absolute Gasteiger partial charge is 0.511 e. The van der Waals surface area contributed by atoms with Gasteiger partial charge in [0.05, 0.1) is 5.69 Å². The number of rotatable bonds is 4. The summed E-state index contributed by atoms with van der Waals surface area (Å²) in [6, 6.07) is 5.49. The van der Waals surface area contributed by atoms with E-state index in [1.165, 1.54) is 0 Å². The fourth-order valence-corrected chi connectivity index (χ4v) is 4.98. The minimum absolute atomic E-state index is 0.0610. The topological polar surface area (TPSA) is 76.7 Å². The highest BCUT2D eigenvalue weighted by molar-refractivity contribution is 7.90. The van der Waals surface area contributed by atoms with E-state index in [0.29, 0.717) is 47.0 Å².